The second-order valence-corrected chi connectivity index (χ2v) is 5.12. The summed E-state index contributed by atoms with van der Waals surface area (Å²) in [7, 11) is 2.18. The van der Waals surface area contributed by atoms with E-state index in [0.717, 1.165) is 6.54 Å². The van der Waals surface area contributed by atoms with Crippen molar-refractivity contribution in [3.63, 3.8) is 0 Å². The van der Waals surface area contributed by atoms with Gasteiger partial charge in [0, 0.05) is 12.6 Å². The molecule has 100 valence electrons. The normalized spacial score (nSPS) is 19.9. The van der Waals surface area contributed by atoms with E-state index in [1.54, 1.807) is 0 Å². The molecule has 0 bridgehead atoms. The second kappa shape index (κ2) is 6.85. The van der Waals surface area contributed by atoms with E-state index in [0.29, 0.717) is 6.04 Å². The highest BCUT2D eigenvalue weighted by Crippen LogP contribution is 2.13. The zero-order chi connectivity index (χ0) is 12.8. The quantitative estimate of drug-likeness (QED) is 0.535. The van der Waals surface area contributed by atoms with Crippen LogP contribution >= 0.6 is 0 Å². The highest BCUT2D eigenvalue weighted by Gasteiger charge is 2.17. The molecule has 4 heteroatoms. The van der Waals surface area contributed by atoms with Crippen molar-refractivity contribution in [1.29, 1.82) is 0 Å². The average Bonchev–Trinajstić information content (AvgIpc) is 2.43. The zero-order valence-electron chi connectivity index (χ0n) is 11.1. The van der Waals surface area contributed by atoms with Crippen molar-refractivity contribution in [2.75, 3.05) is 26.7 Å². The monoisotopic (exact) mass is 248 g/mol. The van der Waals surface area contributed by atoms with Crippen molar-refractivity contribution in [2.45, 2.75) is 24.9 Å². The molecule has 0 aromatic heterocycles. The number of likely N-dealkylation sites (tertiary alicyclic amines) is 1. The van der Waals surface area contributed by atoms with Crippen LogP contribution in [0.25, 0.3) is 0 Å². The minimum atomic E-state index is 0.186. The van der Waals surface area contributed by atoms with E-state index in [1.165, 1.54) is 31.5 Å². The Morgan fingerprint density at radius 2 is 1.94 bits per heavy atom. The van der Waals surface area contributed by atoms with Gasteiger partial charge in [0.1, 0.15) is 0 Å². The lowest BCUT2D eigenvalue weighted by molar-refractivity contribution is 0.231. The number of hydrogen-bond donors (Lipinski definition) is 3. The molecule has 2 rings (SSSR count). The maximum Gasteiger partial charge on any atom is 0.0584 e. The van der Waals surface area contributed by atoms with Gasteiger partial charge in [0.05, 0.1) is 6.04 Å². The van der Waals surface area contributed by atoms with Gasteiger partial charge in [-0.15, -0.1) is 0 Å². The molecule has 1 aliphatic rings. The fourth-order valence-electron chi connectivity index (χ4n) is 2.46. The molecule has 1 aliphatic heterocycles. The van der Waals surface area contributed by atoms with Gasteiger partial charge in [0.15, 0.2) is 0 Å². The van der Waals surface area contributed by atoms with Gasteiger partial charge in [-0.1, -0.05) is 30.3 Å². The maximum absolute atomic E-state index is 5.64. The van der Waals surface area contributed by atoms with Gasteiger partial charge < -0.3 is 10.2 Å². The summed E-state index contributed by atoms with van der Waals surface area (Å²) in [4.78, 5) is 2.38. The molecule has 1 saturated heterocycles. The van der Waals surface area contributed by atoms with Gasteiger partial charge in [-0.05, 0) is 38.5 Å². The van der Waals surface area contributed by atoms with Crippen LogP contribution in [0.5, 0.6) is 0 Å². The van der Waals surface area contributed by atoms with E-state index < -0.39 is 0 Å². The van der Waals surface area contributed by atoms with E-state index in [-0.39, 0.29) is 6.04 Å². The lowest BCUT2D eigenvalue weighted by Crippen LogP contribution is -2.44. The van der Waals surface area contributed by atoms with E-state index >= 15 is 0 Å². The third kappa shape index (κ3) is 3.78. The van der Waals surface area contributed by atoms with Crippen LogP contribution in [-0.4, -0.2) is 37.6 Å². The fraction of sp³-hybridized carbons (Fsp3) is 0.571. The van der Waals surface area contributed by atoms with Gasteiger partial charge >= 0.3 is 0 Å². The molecule has 18 heavy (non-hydrogen) atoms. The Labute approximate surface area is 110 Å². The van der Waals surface area contributed by atoms with Crippen LogP contribution in [0.15, 0.2) is 30.3 Å². The third-order valence-electron chi connectivity index (χ3n) is 3.73. The van der Waals surface area contributed by atoms with Crippen LogP contribution in [0.4, 0.5) is 0 Å². The summed E-state index contributed by atoms with van der Waals surface area (Å²) in [6, 6.07) is 11.2. The van der Waals surface area contributed by atoms with Gasteiger partial charge in [0.25, 0.3) is 0 Å². The maximum atomic E-state index is 5.64. The third-order valence-corrected chi connectivity index (χ3v) is 3.73. The highest BCUT2D eigenvalue weighted by atomic mass is 15.2. The first kappa shape index (κ1) is 13.5. The summed E-state index contributed by atoms with van der Waals surface area (Å²) in [5, 5.41) is 3.62. The van der Waals surface area contributed by atoms with Gasteiger partial charge in [-0.3, -0.25) is 11.3 Å². The van der Waals surface area contributed by atoms with E-state index in [2.05, 4.69) is 47.0 Å². The predicted molar refractivity (Wildman–Crippen MR) is 75.0 cm³/mol. The predicted octanol–water partition coefficient (Wildman–Crippen LogP) is 0.875. The zero-order valence-corrected chi connectivity index (χ0v) is 11.1. The summed E-state index contributed by atoms with van der Waals surface area (Å²) in [6.07, 6.45) is 2.45. The van der Waals surface area contributed by atoms with Crippen LogP contribution < -0.4 is 16.6 Å². The molecule has 4 nitrogen and oxygen atoms in total. The minimum absolute atomic E-state index is 0.186. The molecule has 1 heterocycles. The molecule has 0 aliphatic carbocycles. The smallest absolute Gasteiger partial charge is 0.0584 e. The Bertz CT molecular complexity index is 333. The van der Waals surface area contributed by atoms with E-state index in [4.69, 9.17) is 5.84 Å². The Morgan fingerprint density at radius 3 is 2.56 bits per heavy atom. The highest BCUT2D eigenvalue weighted by molar-refractivity contribution is 5.19. The topological polar surface area (TPSA) is 53.3 Å². The number of piperidine rings is 1. The first-order chi connectivity index (χ1) is 8.79. The first-order valence-corrected chi connectivity index (χ1v) is 6.72. The molecule has 0 saturated carbocycles. The van der Waals surface area contributed by atoms with Crippen LogP contribution in [-0.2, 0) is 0 Å². The number of hydrogen-bond acceptors (Lipinski definition) is 4. The van der Waals surface area contributed by atoms with Crippen molar-refractivity contribution >= 4 is 0 Å². The number of nitrogens with two attached hydrogens (primary N) is 1. The number of benzene rings is 1. The molecule has 0 spiro atoms. The summed E-state index contributed by atoms with van der Waals surface area (Å²) < 4.78 is 0. The fourth-order valence-corrected chi connectivity index (χ4v) is 2.46. The van der Waals surface area contributed by atoms with Crippen LogP contribution in [0, 0.1) is 0 Å². The standard InChI is InChI=1S/C14H24N4/c1-18-9-7-13(8-10-18)16-11-14(17-15)12-5-3-2-4-6-12/h2-6,13-14,16-17H,7-11,15H2,1H3/t14-/m1/s1. The second-order valence-electron chi connectivity index (χ2n) is 5.12. The Kier molecular flexibility index (Phi) is 5.13. The molecule has 4 N–H and O–H groups in total. The number of rotatable bonds is 5. The molecule has 1 aromatic carbocycles. The van der Waals surface area contributed by atoms with E-state index in [9.17, 15) is 0 Å². The number of nitrogens with one attached hydrogen (secondary N) is 2. The minimum Gasteiger partial charge on any atom is -0.312 e. The first-order valence-electron chi connectivity index (χ1n) is 6.72. The van der Waals surface area contributed by atoms with E-state index in [1.807, 2.05) is 6.07 Å². The Morgan fingerprint density at radius 1 is 1.28 bits per heavy atom. The van der Waals surface area contributed by atoms with Crippen LogP contribution in [0.1, 0.15) is 24.4 Å². The largest absolute Gasteiger partial charge is 0.312 e. The Hall–Kier alpha value is -0.940. The molecular weight excluding hydrogens is 224 g/mol. The van der Waals surface area contributed by atoms with Gasteiger partial charge in [0.2, 0.25) is 0 Å². The SMILES string of the molecule is CN1CCC(NC[C@@H](NN)c2ccccc2)CC1. The molecule has 0 unspecified atom stereocenters. The van der Waals surface area contributed by atoms with Crippen molar-refractivity contribution in [3.05, 3.63) is 35.9 Å². The van der Waals surface area contributed by atoms with Crippen LogP contribution in [0.3, 0.4) is 0 Å². The average molecular weight is 248 g/mol. The lowest BCUT2D eigenvalue weighted by Gasteiger charge is -2.30. The van der Waals surface area contributed by atoms with Crippen molar-refractivity contribution < 1.29 is 0 Å². The molecule has 1 fully saturated rings. The van der Waals surface area contributed by atoms with Crippen molar-refractivity contribution in [2.24, 2.45) is 5.84 Å². The molecule has 1 atom stereocenters. The summed E-state index contributed by atoms with van der Waals surface area (Å²) >= 11 is 0. The van der Waals surface area contributed by atoms with Crippen molar-refractivity contribution in [3.8, 4) is 0 Å². The molecule has 1 aromatic rings. The number of nitrogens with zero attached hydrogens (tertiary/aromatic N) is 1. The van der Waals surface area contributed by atoms with Crippen molar-refractivity contribution in [1.82, 2.24) is 15.6 Å². The molecule has 0 radical (unpaired) electrons. The summed E-state index contributed by atoms with van der Waals surface area (Å²) in [6.45, 7) is 3.25. The Balaban J connectivity index is 1.81. The lowest BCUT2D eigenvalue weighted by atomic mass is 10.0. The molecular formula is C14H24N4. The summed E-state index contributed by atoms with van der Waals surface area (Å²) in [5.74, 6) is 5.64. The van der Waals surface area contributed by atoms with Crippen LogP contribution in [0.2, 0.25) is 0 Å². The summed E-state index contributed by atoms with van der Waals surface area (Å²) in [5.41, 5.74) is 4.13. The van der Waals surface area contributed by atoms with Gasteiger partial charge in [-0.25, -0.2) is 0 Å². The molecule has 0 amide bonds. The van der Waals surface area contributed by atoms with Gasteiger partial charge in [-0.2, -0.15) is 0 Å². The number of hydrazine groups is 1.